The van der Waals surface area contributed by atoms with Gasteiger partial charge in [0.05, 0.1) is 18.9 Å². The molecule has 0 radical (unpaired) electrons. The molecule has 0 atom stereocenters. The highest BCUT2D eigenvalue weighted by molar-refractivity contribution is 5.54. The Morgan fingerprint density at radius 2 is 1.96 bits per heavy atom. The van der Waals surface area contributed by atoms with Gasteiger partial charge in [0.25, 0.3) is 5.89 Å². The van der Waals surface area contributed by atoms with Gasteiger partial charge in [-0.3, -0.25) is 4.68 Å². The predicted octanol–water partition coefficient (Wildman–Crippen LogP) is 3.42. The molecule has 0 aliphatic rings. The molecule has 2 heterocycles. The van der Waals surface area contributed by atoms with Crippen molar-refractivity contribution in [1.29, 1.82) is 0 Å². The van der Waals surface area contributed by atoms with Crippen LogP contribution in [0.3, 0.4) is 0 Å². The minimum atomic E-state index is 0.297. The molecule has 6 nitrogen and oxygen atoms in total. The molecule has 0 N–H and O–H groups in total. The summed E-state index contributed by atoms with van der Waals surface area (Å²) in [7, 11) is 1.65. The van der Waals surface area contributed by atoms with Crippen molar-refractivity contribution in [1.82, 2.24) is 19.9 Å². The first-order chi connectivity index (χ1) is 11.1. The van der Waals surface area contributed by atoms with E-state index in [9.17, 15) is 0 Å². The Balaban J connectivity index is 1.80. The van der Waals surface area contributed by atoms with Crippen molar-refractivity contribution in [2.45, 2.75) is 33.2 Å². The van der Waals surface area contributed by atoms with Crippen molar-refractivity contribution in [2.24, 2.45) is 0 Å². The lowest BCUT2D eigenvalue weighted by Gasteiger charge is -2.07. The summed E-state index contributed by atoms with van der Waals surface area (Å²) in [5, 5.41) is 8.45. The Hall–Kier alpha value is -2.63. The first-order valence-corrected chi connectivity index (χ1v) is 7.58. The maximum absolute atomic E-state index is 5.40. The molecule has 0 aliphatic heterocycles. The zero-order valence-electron chi connectivity index (χ0n) is 13.8. The van der Waals surface area contributed by atoms with Gasteiger partial charge in [0.2, 0.25) is 0 Å². The molecule has 23 heavy (non-hydrogen) atoms. The van der Waals surface area contributed by atoms with E-state index in [-0.39, 0.29) is 0 Å². The van der Waals surface area contributed by atoms with Gasteiger partial charge in [-0.25, -0.2) is 0 Å². The molecule has 3 rings (SSSR count). The smallest absolute Gasteiger partial charge is 0.261 e. The first kappa shape index (κ1) is 15.3. The summed E-state index contributed by atoms with van der Waals surface area (Å²) >= 11 is 0. The molecule has 0 aliphatic carbocycles. The number of methoxy groups -OCH3 is 1. The molecule has 2 aromatic heterocycles. The summed E-state index contributed by atoms with van der Waals surface area (Å²) < 4.78 is 12.5. The van der Waals surface area contributed by atoms with Crippen molar-refractivity contribution in [3.05, 3.63) is 47.5 Å². The lowest BCUT2D eigenvalue weighted by atomic mass is 10.1. The fourth-order valence-electron chi connectivity index (χ4n) is 2.52. The van der Waals surface area contributed by atoms with Gasteiger partial charge in [-0.05, 0) is 38.5 Å². The van der Waals surface area contributed by atoms with Crippen LogP contribution in [-0.2, 0) is 6.42 Å². The summed E-state index contributed by atoms with van der Waals surface area (Å²) in [5.41, 5.74) is 3.01. The van der Waals surface area contributed by atoms with E-state index >= 15 is 0 Å². The Bertz CT molecular complexity index is 787. The predicted molar refractivity (Wildman–Crippen MR) is 86.4 cm³/mol. The third-order valence-electron chi connectivity index (χ3n) is 3.75. The van der Waals surface area contributed by atoms with Crippen LogP contribution in [0.1, 0.15) is 37.0 Å². The lowest BCUT2D eigenvalue weighted by Crippen LogP contribution is -2.04. The number of hydrogen-bond donors (Lipinski definition) is 0. The normalized spacial score (nSPS) is 11.2. The van der Waals surface area contributed by atoms with E-state index in [1.807, 2.05) is 35.9 Å². The van der Waals surface area contributed by atoms with E-state index in [4.69, 9.17) is 9.26 Å². The minimum Gasteiger partial charge on any atom is -0.497 e. The van der Waals surface area contributed by atoms with Gasteiger partial charge in [-0.1, -0.05) is 17.3 Å². The molecule has 0 saturated carbocycles. The first-order valence-electron chi connectivity index (χ1n) is 7.58. The summed E-state index contributed by atoms with van der Waals surface area (Å²) in [6.07, 6.45) is 2.39. The van der Waals surface area contributed by atoms with Crippen LogP contribution in [0.15, 0.2) is 35.0 Å². The Morgan fingerprint density at radius 3 is 2.57 bits per heavy atom. The van der Waals surface area contributed by atoms with E-state index in [1.165, 1.54) is 0 Å². The van der Waals surface area contributed by atoms with E-state index in [0.717, 1.165) is 22.6 Å². The summed E-state index contributed by atoms with van der Waals surface area (Å²) in [5.74, 6) is 2.00. The van der Waals surface area contributed by atoms with Crippen molar-refractivity contribution in [2.75, 3.05) is 7.11 Å². The number of ether oxygens (including phenoxy) is 1. The topological polar surface area (TPSA) is 66.0 Å². The van der Waals surface area contributed by atoms with Gasteiger partial charge in [0, 0.05) is 18.2 Å². The van der Waals surface area contributed by atoms with E-state index in [1.54, 1.807) is 13.3 Å². The fourth-order valence-corrected chi connectivity index (χ4v) is 2.52. The van der Waals surface area contributed by atoms with Crippen molar-refractivity contribution >= 4 is 0 Å². The summed E-state index contributed by atoms with van der Waals surface area (Å²) in [6.45, 7) is 6.19. The zero-order valence-corrected chi connectivity index (χ0v) is 13.8. The average Bonchev–Trinajstić information content (AvgIpc) is 3.14. The van der Waals surface area contributed by atoms with Crippen molar-refractivity contribution in [3.8, 4) is 17.2 Å². The highest BCUT2D eigenvalue weighted by Crippen LogP contribution is 2.24. The molecule has 0 spiro atoms. The van der Waals surface area contributed by atoms with Crippen LogP contribution in [0.25, 0.3) is 11.5 Å². The number of hydrogen-bond acceptors (Lipinski definition) is 5. The van der Waals surface area contributed by atoms with Crippen LogP contribution in [0.5, 0.6) is 5.75 Å². The van der Waals surface area contributed by atoms with Gasteiger partial charge in [-0.15, -0.1) is 0 Å². The number of benzene rings is 1. The van der Waals surface area contributed by atoms with Crippen molar-refractivity contribution in [3.63, 3.8) is 0 Å². The third kappa shape index (κ3) is 3.11. The molecule has 0 amide bonds. The SMILES string of the molecule is COc1ccc(Cc2noc(-c3cnn(C(C)C)c3C)n2)cc1. The Labute approximate surface area is 135 Å². The second-order valence-electron chi connectivity index (χ2n) is 5.72. The molecule has 120 valence electrons. The number of nitrogens with zero attached hydrogens (tertiary/aromatic N) is 4. The van der Waals surface area contributed by atoms with E-state index < -0.39 is 0 Å². The highest BCUT2D eigenvalue weighted by atomic mass is 16.5. The van der Waals surface area contributed by atoms with Crippen LogP contribution in [0, 0.1) is 6.92 Å². The largest absolute Gasteiger partial charge is 0.497 e. The third-order valence-corrected chi connectivity index (χ3v) is 3.75. The Morgan fingerprint density at radius 1 is 1.22 bits per heavy atom. The molecule has 3 aromatic rings. The van der Waals surface area contributed by atoms with Crippen LogP contribution in [0.2, 0.25) is 0 Å². The molecule has 0 fully saturated rings. The van der Waals surface area contributed by atoms with Crippen LogP contribution in [-0.4, -0.2) is 27.0 Å². The molecule has 0 saturated heterocycles. The second-order valence-corrected chi connectivity index (χ2v) is 5.72. The molecule has 6 heteroatoms. The van der Waals surface area contributed by atoms with Gasteiger partial charge >= 0.3 is 0 Å². The minimum absolute atomic E-state index is 0.297. The van der Waals surface area contributed by atoms with Gasteiger partial charge in [0.1, 0.15) is 5.75 Å². The maximum atomic E-state index is 5.40. The zero-order chi connectivity index (χ0) is 16.4. The number of rotatable bonds is 5. The van der Waals surface area contributed by atoms with E-state index in [0.29, 0.717) is 24.2 Å². The quantitative estimate of drug-likeness (QED) is 0.722. The van der Waals surface area contributed by atoms with Crippen LogP contribution < -0.4 is 4.74 Å². The molecule has 0 bridgehead atoms. The molecule has 0 unspecified atom stereocenters. The maximum Gasteiger partial charge on any atom is 0.261 e. The molecular formula is C17H20N4O2. The van der Waals surface area contributed by atoms with E-state index in [2.05, 4.69) is 29.1 Å². The lowest BCUT2D eigenvalue weighted by molar-refractivity contribution is 0.414. The van der Waals surface area contributed by atoms with Gasteiger partial charge < -0.3 is 9.26 Å². The molecule has 1 aromatic carbocycles. The monoisotopic (exact) mass is 312 g/mol. The van der Waals surface area contributed by atoms with Gasteiger partial charge in [-0.2, -0.15) is 10.1 Å². The van der Waals surface area contributed by atoms with Crippen LogP contribution in [0.4, 0.5) is 0 Å². The molecular weight excluding hydrogens is 292 g/mol. The Kier molecular flexibility index (Phi) is 4.14. The second kappa shape index (κ2) is 6.24. The average molecular weight is 312 g/mol. The summed E-state index contributed by atoms with van der Waals surface area (Å²) in [4.78, 5) is 4.49. The van der Waals surface area contributed by atoms with Crippen LogP contribution >= 0.6 is 0 Å². The van der Waals surface area contributed by atoms with Gasteiger partial charge in [0.15, 0.2) is 5.82 Å². The standard InChI is InChI=1S/C17H20N4O2/c1-11(2)21-12(3)15(10-18-21)17-19-16(20-23-17)9-13-5-7-14(22-4)8-6-13/h5-8,10-11H,9H2,1-4H3. The summed E-state index contributed by atoms with van der Waals surface area (Å²) in [6, 6.07) is 8.14. The fraction of sp³-hybridized carbons (Fsp3) is 0.353. The van der Waals surface area contributed by atoms with Crippen molar-refractivity contribution < 1.29 is 9.26 Å². The number of aromatic nitrogens is 4. The highest BCUT2D eigenvalue weighted by Gasteiger charge is 2.16.